The standard InChI is InChI=1S/C15H12N2O/c1-17-14(10-11-6-4-5-9-16-11)12-7-2-3-8-13(12)15(17)18/h2-10H,1H3/b14-10-. The Bertz CT molecular complexity index is 632. The Morgan fingerprint density at radius 3 is 2.50 bits per heavy atom. The largest absolute Gasteiger partial charge is 0.311 e. The first kappa shape index (κ1) is 10.7. The maximum Gasteiger partial charge on any atom is 0.258 e. The molecule has 0 spiro atoms. The van der Waals surface area contributed by atoms with Gasteiger partial charge < -0.3 is 4.90 Å². The van der Waals surface area contributed by atoms with Crippen LogP contribution in [0.2, 0.25) is 0 Å². The number of hydrogen-bond donors (Lipinski definition) is 0. The summed E-state index contributed by atoms with van der Waals surface area (Å²) in [6, 6.07) is 13.4. The van der Waals surface area contributed by atoms with Crippen molar-refractivity contribution in [2.24, 2.45) is 0 Å². The molecule has 3 rings (SSSR count). The summed E-state index contributed by atoms with van der Waals surface area (Å²) in [6.07, 6.45) is 3.68. The molecule has 1 aliphatic rings. The van der Waals surface area contributed by atoms with Crippen LogP contribution in [0.3, 0.4) is 0 Å². The van der Waals surface area contributed by atoms with E-state index in [1.807, 2.05) is 48.5 Å². The predicted molar refractivity (Wildman–Crippen MR) is 70.6 cm³/mol. The van der Waals surface area contributed by atoms with Crippen molar-refractivity contribution < 1.29 is 4.79 Å². The first-order chi connectivity index (χ1) is 8.77. The second kappa shape index (κ2) is 4.11. The lowest BCUT2D eigenvalue weighted by Gasteiger charge is -2.10. The molecule has 3 nitrogen and oxygen atoms in total. The van der Waals surface area contributed by atoms with Crippen LogP contribution in [0.5, 0.6) is 0 Å². The number of amides is 1. The zero-order chi connectivity index (χ0) is 12.5. The lowest BCUT2D eigenvalue weighted by molar-refractivity contribution is 0.0875. The molecule has 1 aliphatic heterocycles. The number of carbonyl (C=O) groups excluding carboxylic acids is 1. The van der Waals surface area contributed by atoms with Crippen LogP contribution in [-0.4, -0.2) is 22.8 Å². The van der Waals surface area contributed by atoms with E-state index in [1.54, 1.807) is 18.1 Å². The first-order valence-corrected chi connectivity index (χ1v) is 5.77. The Balaban J connectivity index is 2.14. The van der Waals surface area contributed by atoms with Gasteiger partial charge in [-0.2, -0.15) is 0 Å². The van der Waals surface area contributed by atoms with Crippen LogP contribution in [-0.2, 0) is 0 Å². The molecule has 88 valence electrons. The van der Waals surface area contributed by atoms with Crippen LogP contribution in [0, 0.1) is 0 Å². The average Bonchev–Trinajstić information content (AvgIpc) is 2.66. The molecule has 18 heavy (non-hydrogen) atoms. The molecule has 0 fully saturated rings. The summed E-state index contributed by atoms with van der Waals surface area (Å²) in [5, 5.41) is 0. The van der Waals surface area contributed by atoms with Gasteiger partial charge in [-0.3, -0.25) is 9.78 Å². The fourth-order valence-corrected chi connectivity index (χ4v) is 2.14. The fourth-order valence-electron chi connectivity index (χ4n) is 2.14. The van der Waals surface area contributed by atoms with E-state index in [0.29, 0.717) is 0 Å². The van der Waals surface area contributed by atoms with Crippen molar-refractivity contribution in [2.75, 3.05) is 7.05 Å². The Kier molecular flexibility index (Phi) is 2.45. The normalized spacial score (nSPS) is 16.2. The highest BCUT2D eigenvalue weighted by Gasteiger charge is 2.28. The highest BCUT2D eigenvalue weighted by atomic mass is 16.2. The van der Waals surface area contributed by atoms with Crippen LogP contribution in [0.15, 0.2) is 48.7 Å². The number of pyridine rings is 1. The Hall–Kier alpha value is -2.42. The van der Waals surface area contributed by atoms with Gasteiger partial charge >= 0.3 is 0 Å². The van der Waals surface area contributed by atoms with Crippen LogP contribution in [0.4, 0.5) is 0 Å². The molecule has 1 aromatic heterocycles. The van der Waals surface area contributed by atoms with Gasteiger partial charge in [0.15, 0.2) is 0 Å². The van der Waals surface area contributed by atoms with Gasteiger partial charge in [-0.15, -0.1) is 0 Å². The molecule has 0 unspecified atom stereocenters. The summed E-state index contributed by atoms with van der Waals surface area (Å²) in [4.78, 5) is 18.0. The van der Waals surface area contributed by atoms with E-state index in [2.05, 4.69) is 4.98 Å². The number of benzene rings is 1. The summed E-state index contributed by atoms with van der Waals surface area (Å²) in [5.41, 5.74) is 3.47. The smallest absolute Gasteiger partial charge is 0.258 e. The van der Waals surface area contributed by atoms with E-state index in [4.69, 9.17) is 0 Å². The Morgan fingerprint density at radius 2 is 1.78 bits per heavy atom. The highest BCUT2D eigenvalue weighted by Crippen LogP contribution is 2.32. The molecular formula is C15H12N2O. The molecule has 1 amide bonds. The molecule has 0 atom stereocenters. The van der Waals surface area contributed by atoms with Gasteiger partial charge in [-0.05, 0) is 24.3 Å². The molecule has 0 radical (unpaired) electrons. The molecule has 2 aromatic rings. The van der Waals surface area contributed by atoms with E-state index >= 15 is 0 Å². The molecule has 1 aromatic carbocycles. The number of nitrogens with zero attached hydrogens (tertiary/aromatic N) is 2. The molecule has 0 aliphatic carbocycles. The zero-order valence-corrected chi connectivity index (χ0v) is 10.00. The van der Waals surface area contributed by atoms with E-state index in [-0.39, 0.29) is 5.91 Å². The van der Waals surface area contributed by atoms with E-state index < -0.39 is 0 Å². The Morgan fingerprint density at radius 1 is 1.06 bits per heavy atom. The minimum Gasteiger partial charge on any atom is -0.311 e. The van der Waals surface area contributed by atoms with Gasteiger partial charge in [0.2, 0.25) is 0 Å². The summed E-state index contributed by atoms with van der Waals surface area (Å²) < 4.78 is 0. The average molecular weight is 236 g/mol. The van der Waals surface area contributed by atoms with Crippen LogP contribution < -0.4 is 0 Å². The number of carbonyl (C=O) groups is 1. The van der Waals surface area contributed by atoms with Gasteiger partial charge in [-0.25, -0.2) is 0 Å². The molecule has 0 N–H and O–H groups in total. The minimum atomic E-state index is 0.0350. The topological polar surface area (TPSA) is 33.2 Å². The lowest BCUT2D eigenvalue weighted by Crippen LogP contribution is -2.17. The third-order valence-corrected chi connectivity index (χ3v) is 3.07. The number of hydrogen-bond acceptors (Lipinski definition) is 2. The SMILES string of the molecule is CN1C(=O)c2ccccc2/C1=C/c1ccccn1. The van der Waals surface area contributed by atoms with Crippen LogP contribution in [0.1, 0.15) is 21.6 Å². The summed E-state index contributed by atoms with van der Waals surface area (Å²) in [7, 11) is 1.79. The number of rotatable bonds is 1. The second-order valence-corrected chi connectivity index (χ2v) is 4.19. The lowest BCUT2D eigenvalue weighted by atomic mass is 10.1. The van der Waals surface area contributed by atoms with Crippen LogP contribution in [0.25, 0.3) is 11.8 Å². The summed E-state index contributed by atoms with van der Waals surface area (Å²) in [6.45, 7) is 0. The first-order valence-electron chi connectivity index (χ1n) is 5.77. The number of aromatic nitrogens is 1. The van der Waals surface area contributed by atoms with Crippen molar-refractivity contribution in [1.29, 1.82) is 0 Å². The molecule has 3 heteroatoms. The van der Waals surface area contributed by atoms with Gasteiger partial charge in [0, 0.05) is 24.4 Å². The van der Waals surface area contributed by atoms with E-state index in [9.17, 15) is 4.79 Å². The monoisotopic (exact) mass is 236 g/mol. The molecular weight excluding hydrogens is 224 g/mol. The molecule has 0 bridgehead atoms. The maximum atomic E-state index is 12.1. The van der Waals surface area contributed by atoms with E-state index in [1.165, 1.54) is 0 Å². The molecule has 2 heterocycles. The third kappa shape index (κ3) is 1.61. The van der Waals surface area contributed by atoms with Gasteiger partial charge in [0.25, 0.3) is 5.91 Å². The number of fused-ring (bicyclic) bond motifs is 1. The minimum absolute atomic E-state index is 0.0350. The predicted octanol–water partition coefficient (Wildman–Crippen LogP) is 2.67. The second-order valence-electron chi connectivity index (χ2n) is 4.19. The molecule has 0 saturated heterocycles. The van der Waals surface area contributed by atoms with Gasteiger partial charge in [0.05, 0.1) is 11.4 Å². The highest BCUT2D eigenvalue weighted by molar-refractivity contribution is 6.11. The van der Waals surface area contributed by atoms with Crippen molar-refractivity contribution in [3.63, 3.8) is 0 Å². The van der Waals surface area contributed by atoms with Crippen molar-refractivity contribution in [1.82, 2.24) is 9.88 Å². The molecule has 0 saturated carbocycles. The quantitative estimate of drug-likeness (QED) is 0.762. The third-order valence-electron chi connectivity index (χ3n) is 3.07. The van der Waals surface area contributed by atoms with E-state index in [0.717, 1.165) is 22.5 Å². The van der Waals surface area contributed by atoms with Crippen molar-refractivity contribution >= 4 is 17.7 Å². The van der Waals surface area contributed by atoms with Crippen LogP contribution >= 0.6 is 0 Å². The van der Waals surface area contributed by atoms with Gasteiger partial charge in [-0.1, -0.05) is 24.3 Å². The van der Waals surface area contributed by atoms with Crippen molar-refractivity contribution in [3.8, 4) is 0 Å². The summed E-state index contributed by atoms with van der Waals surface area (Å²) >= 11 is 0. The fraction of sp³-hybridized carbons (Fsp3) is 0.0667. The van der Waals surface area contributed by atoms with Gasteiger partial charge in [0.1, 0.15) is 0 Å². The zero-order valence-electron chi connectivity index (χ0n) is 10.00. The summed E-state index contributed by atoms with van der Waals surface area (Å²) in [5.74, 6) is 0.0350. The maximum absolute atomic E-state index is 12.1. The van der Waals surface area contributed by atoms with Crippen molar-refractivity contribution in [3.05, 3.63) is 65.5 Å². The van der Waals surface area contributed by atoms with Crippen molar-refractivity contribution in [2.45, 2.75) is 0 Å². The Labute approximate surface area is 105 Å².